The Hall–Kier alpha value is -1.03. The van der Waals surface area contributed by atoms with Crippen LogP contribution in [0.1, 0.15) is 23.2 Å². The van der Waals surface area contributed by atoms with Crippen LogP contribution in [0.2, 0.25) is 0 Å². The molecule has 2 aromatic rings. The van der Waals surface area contributed by atoms with Crippen LogP contribution in [0.5, 0.6) is 0 Å². The average molecular weight is 332 g/mol. The van der Waals surface area contributed by atoms with E-state index in [0.29, 0.717) is 11.7 Å². The van der Waals surface area contributed by atoms with Crippen molar-refractivity contribution in [2.45, 2.75) is 31.7 Å². The molecule has 6 nitrogen and oxygen atoms in total. The van der Waals surface area contributed by atoms with Crippen LogP contribution in [0.3, 0.4) is 0 Å². The topological polar surface area (TPSA) is 84.0 Å². The van der Waals surface area contributed by atoms with Gasteiger partial charge in [0.15, 0.2) is 0 Å². The molecule has 0 aromatic carbocycles. The zero-order valence-corrected chi connectivity index (χ0v) is 13.7. The Labute approximate surface area is 126 Å². The second-order valence-electron chi connectivity index (χ2n) is 4.16. The second kappa shape index (κ2) is 6.61. The molecule has 0 saturated carbocycles. The number of hydrogen-bond acceptors (Lipinski definition) is 7. The lowest BCUT2D eigenvalue weighted by Gasteiger charge is -2.01. The summed E-state index contributed by atoms with van der Waals surface area (Å²) in [5.41, 5.74) is 0. The normalized spacial score (nSPS) is 11.7. The van der Waals surface area contributed by atoms with Gasteiger partial charge in [0.25, 0.3) is 10.0 Å². The van der Waals surface area contributed by atoms with Crippen LogP contribution in [0.4, 0.5) is 5.13 Å². The first kappa shape index (κ1) is 15.4. The Bertz CT molecular complexity index is 663. The Morgan fingerprint density at radius 3 is 2.80 bits per heavy atom. The molecule has 0 bridgehead atoms. The third kappa shape index (κ3) is 3.98. The Balaban J connectivity index is 2.06. The molecule has 0 aliphatic rings. The Morgan fingerprint density at radius 1 is 1.35 bits per heavy atom. The van der Waals surface area contributed by atoms with Gasteiger partial charge in [0.05, 0.1) is 4.90 Å². The fourth-order valence-electron chi connectivity index (χ4n) is 1.49. The van der Waals surface area contributed by atoms with Crippen molar-refractivity contribution in [1.29, 1.82) is 0 Å². The minimum atomic E-state index is -3.57. The molecule has 0 saturated heterocycles. The van der Waals surface area contributed by atoms with Crippen LogP contribution in [-0.4, -0.2) is 25.2 Å². The predicted octanol–water partition coefficient (Wildman–Crippen LogP) is 2.21. The number of rotatable bonds is 7. The molecule has 0 atom stereocenters. The molecule has 9 heteroatoms. The molecule has 2 heterocycles. The van der Waals surface area contributed by atoms with E-state index in [9.17, 15) is 8.42 Å². The van der Waals surface area contributed by atoms with E-state index in [1.807, 2.05) is 0 Å². The summed E-state index contributed by atoms with van der Waals surface area (Å²) in [7, 11) is -3.57. The van der Waals surface area contributed by atoms with Crippen molar-refractivity contribution < 1.29 is 8.42 Å². The summed E-state index contributed by atoms with van der Waals surface area (Å²) < 4.78 is 26.8. The van der Waals surface area contributed by atoms with Gasteiger partial charge in [-0.1, -0.05) is 18.3 Å². The summed E-state index contributed by atoms with van der Waals surface area (Å²) in [5.74, 6) is 0. The summed E-state index contributed by atoms with van der Waals surface area (Å²) in [4.78, 5) is 1.26. The molecule has 0 radical (unpaired) electrons. The maximum absolute atomic E-state index is 12.2. The Morgan fingerprint density at radius 2 is 2.15 bits per heavy atom. The van der Waals surface area contributed by atoms with Crippen molar-refractivity contribution in [3.05, 3.63) is 21.3 Å². The third-order valence-corrected chi connectivity index (χ3v) is 5.70. The van der Waals surface area contributed by atoms with Gasteiger partial charge in [-0.05, 0) is 26.0 Å². The van der Waals surface area contributed by atoms with Crippen molar-refractivity contribution in [3.63, 3.8) is 0 Å². The lowest BCUT2D eigenvalue weighted by Crippen LogP contribution is -2.13. The summed E-state index contributed by atoms with van der Waals surface area (Å²) in [5, 5.41) is 13.4. The number of hydrogen-bond donors (Lipinski definition) is 2. The molecule has 110 valence electrons. The molecule has 0 fully saturated rings. The van der Waals surface area contributed by atoms with Crippen molar-refractivity contribution >= 4 is 37.8 Å². The zero-order valence-electron chi connectivity index (χ0n) is 11.2. The first-order valence-corrected chi connectivity index (χ1v) is 9.30. The minimum Gasteiger partial charge on any atom is -0.312 e. The van der Waals surface area contributed by atoms with E-state index < -0.39 is 10.0 Å². The van der Waals surface area contributed by atoms with Crippen molar-refractivity contribution in [2.24, 2.45) is 0 Å². The Kier molecular flexibility index (Phi) is 5.08. The summed E-state index contributed by atoms with van der Waals surface area (Å²) in [6.45, 7) is 5.47. The van der Waals surface area contributed by atoms with Gasteiger partial charge >= 0.3 is 0 Å². The van der Waals surface area contributed by atoms with Crippen molar-refractivity contribution in [1.82, 2.24) is 15.5 Å². The largest absolute Gasteiger partial charge is 0.312 e. The smallest absolute Gasteiger partial charge is 0.264 e. The number of sulfonamides is 1. The SMILES string of the molecule is CCCNCc1cc(S(=O)(=O)Nc2nnc(C)s2)cs1. The quantitative estimate of drug-likeness (QED) is 0.760. The van der Waals surface area contributed by atoms with Crippen LogP contribution in [0.15, 0.2) is 16.3 Å². The van der Waals surface area contributed by atoms with Crippen LogP contribution >= 0.6 is 22.7 Å². The van der Waals surface area contributed by atoms with Gasteiger partial charge in [0, 0.05) is 16.8 Å². The fraction of sp³-hybridized carbons (Fsp3) is 0.455. The van der Waals surface area contributed by atoms with E-state index >= 15 is 0 Å². The molecule has 0 spiro atoms. The van der Waals surface area contributed by atoms with Crippen molar-refractivity contribution in [3.8, 4) is 0 Å². The fourth-order valence-corrected chi connectivity index (χ4v) is 4.56. The van der Waals surface area contributed by atoms with Gasteiger partial charge in [-0.15, -0.1) is 21.5 Å². The first-order chi connectivity index (χ1) is 9.51. The molecular formula is C11H16N4O2S3. The predicted molar refractivity (Wildman–Crippen MR) is 81.8 cm³/mol. The van der Waals surface area contributed by atoms with Gasteiger partial charge in [0.1, 0.15) is 5.01 Å². The van der Waals surface area contributed by atoms with Gasteiger partial charge in [0.2, 0.25) is 5.13 Å². The zero-order chi connectivity index (χ0) is 14.6. The van der Waals surface area contributed by atoms with E-state index in [1.54, 1.807) is 18.4 Å². The number of aromatic nitrogens is 2. The highest BCUT2D eigenvalue weighted by Crippen LogP contribution is 2.23. The molecule has 0 aliphatic heterocycles. The van der Waals surface area contributed by atoms with E-state index in [2.05, 4.69) is 27.2 Å². The highest BCUT2D eigenvalue weighted by Gasteiger charge is 2.18. The van der Waals surface area contributed by atoms with Crippen molar-refractivity contribution in [2.75, 3.05) is 11.3 Å². The molecule has 2 aromatic heterocycles. The molecule has 2 N–H and O–H groups in total. The molecular weight excluding hydrogens is 316 g/mol. The van der Waals surface area contributed by atoms with Crippen LogP contribution < -0.4 is 10.0 Å². The van der Waals surface area contributed by atoms with Gasteiger partial charge in [-0.3, -0.25) is 4.72 Å². The van der Waals surface area contributed by atoms with E-state index in [1.165, 1.54) is 22.7 Å². The van der Waals surface area contributed by atoms with Crippen LogP contribution in [-0.2, 0) is 16.6 Å². The summed E-state index contributed by atoms with van der Waals surface area (Å²) >= 11 is 2.64. The number of thiophene rings is 1. The molecule has 0 unspecified atom stereocenters. The molecule has 20 heavy (non-hydrogen) atoms. The number of anilines is 1. The molecule has 0 aliphatic carbocycles. The minimum absolute atomic E-state index is 0.267. The second-order valence-corrected chi connectivity index (χ2v) is 8.02. The highest BCUT2D eigenvalue weighted by molar-refractivity contribution is 7.93. The van der Waals surface area contributed by atoms with E-state index in [0.717, 1.165) is 22.9 Å². The van der Waals surface area contributed by atoms with E-state index in [4.69, 9.17) is 0 Å². The first-order valence-electron chi connectivity index (χ1n) is 6.12. The molecule has 2 rings (SSSR count). The standard InChI is InChI=1S/C11H16N4O2S3/c1-3-4-12-6-9-5-10(7-18-9)20(16,17)15-11-14-13-8(2)19-11/h5,7,12H,3-4,6H2,1-2H3,(H,14,15). The third-order valence-electron chi connectivity index (χ3n) is 2.41. The highest BCUT2D eigenvalue weighted by atomic mass is 32.2. The summed E-state index contributed by atoms with van der Waals surface area (Å²) in [6, 6.07) is 1.68. The van der Waals surface area contributed by atoms with E-state index in [-0.39, 0.29) is 4.90 Å². The lowest BCUT2D eigenvalue weighted by atomic mass is 10.4. The average Bonchev–Trinajstić information content (AvgIpc) is 2.99. The summed E-state index contributed by atoms with van der Waals surface area (Å²) in [6.07, 6.45) is 1.05. The van der Waals surface area contributed by atoms with Gasteiger partial charge in [-0.25, -0.2) is 8.42 Å². The van der Waals surface area contributed by atoms with Crippen LogP contribution in [0.25, 0.3) is 0 Å². The number of nitrogens with zero attached hydrogens (tertiary/aromatic N) is 2. The maximum atomic E-state index is 12.2. The van der Waals surface area contributed by atoms with Gasteiger partial charge in [-0.2, -0.15) is 0 Å². The number of nitrogens with one attached hydrogen (secondary N) is 2. The monoisotopic (exact) mass is 332 g/mol. The molecule has 0 amide bonds. The van der Waals surface area contributed by atoms with Crippen LogP contribution in [0, 0.1) is 6.92 Å². The number of aryl methyl sites for hydroxylation is 1. The lowest BCUT2D eigenvalue weighted by molar-refractivity contribution is 0.601. The maximum Gasteiger partial charge on any atom is 0.264 e. The van der Waals surface area contributed by atoms with Gasteiger partial charge < -0.3 is 5.32 Å².